The van der Waals surface area contributed by atoms with Crippen LogP contribution in [0.4, 0.5) is 5.69 Å². The van der Waals surface area contributed by atoms with E-state index < -0.39 is 0 Å². The van der Waals surface area contributed by atoms with Crippen molar-refractivity contribution in [2.24, 2.45) is 0 Å². The third-order valence-corrected chi connectivity index (χ3v) is 3.74. The maximum absolute atomic E-state index is 4.73. The van der Waals surface area contributed by atoms with E-state index in [1.807, 2.05) is 7.05 Å². The van der Waals surface area contributed by atoms with Crippen molar-refractivity contribution < 1.29 is 0 Å². The Kier molecular flexibility index (Phi) is 3.71. The van der Waals surface area contributed by atoms with E-state index in [-0.39, 0.29) is 5.41 Å². The molecule has 0 aliphatic rings. The highest BCUT2D eigenvalue weighted by Crippen LogP contribution is 2.25. The number of anilines is 1. The molecule has 0 radical (unpaired) electrons. The molecule has 96 valence electrons. The lowest BCUT2D eigenvalue weighted by Crippen LogP contribution is -2.11. The Labute approximate surface area is 113 Å². The fourth-order valence-electron chi connectivity index (χ4n) is 1.75. The first-order valence-electron chi connectivity index (χ1n) is 6.20. The van der Waals surface area contributed by atoms with Crippen molar-refractivity contribution in [2.75, 3.05) is 12.4 Å². The molecule has 0 unspecified atom stereocenters. The summed E-state index contributed by atoms with van der Waals surface area (Å²) < 4.78 is 0. The van der Waals surface area contributed by atoms with Gasteiger partial charge in [0.25, 0.3) is 0 Å². The van der Waals surface area contributed by atoms with Gasteiger partial charge in [-0.2, -0.15) is 0 Å². The van der Waals surface area contributed by atoms with Gasteiger partial charge in [0.1, 0.15) is 0 Å². The van der Waals surface area contributed by atoms with Gasteiger partial charge in [-0.25, -0.2) is 4.98 Å². The summed E-state index contributed by atoms with van der Waals surface area (Å²) in [5.41, 5.74) is 3.78. The maximum Gasteiger partial charge on any atom is 0.0972 e. The maximum atomic E-state index is 4.73. The molecule has 1 heterocycles. The number of hydrogen-bond donors (Lipinski definition) is 1. The van der Waals surface area contributed by atoms with Crippen LogP contribution in [0, 0.1) is 0 Å². The summed E-state index contributed by atoms with van der Waals surface area (Å²) in [4.78, 5) is 4.73. The topological polar surface area (TPSA) is 24.9 Å². The van der Waals surface area contributed by atoms with Gasteiger partial charge < -0.3 is 5.32 Å². The average molecular weight is 260 g/mol. The van der Waals surface area contributed by atoms with Crippen LogP contribution >= 0.6 is 11.3 Å². The molecule has 0 aliphatic carbocycles. The number of hydrogen-bond acceptors (Lipinski definition) is 3. The SMILES string of the molecule is CNc1cccc(Cc2nc(C(C)(C)C)cs2)c1. The Morgan fingerprint density at radius 1 is 1.28 bits per heavy atom. The summed E-state index contributed by atoms with van der Waals surface area (Å²) in [6.45, 7) is 6.61. The quantitative estimate of drug-likeness (QED) is 0.899. The van der Waals surface area contributed by atoms with E-state index in [0.717, 1.165) is 12.1 Å². The van der Waals surface area contributed by atoms with Crippen LogP contribution in [-0.4, -0.2) is 12.0 Å². The number of benzene rings is 1. The Morgan fingerprint density at radius 3 is 2.67 bits per heavy atom. The summed E-state index contributed by atoms with van der Waals surface area (Å²) in [5.74, 6) is 0. The normalized spacial score (nSPS) is 11.6. The minimum Gasteiger partial charge on any atom is -0.388 e. The average Bonchev–Trinajstić information content (AvgIpc) is 2.77. The van der Waals surface area contributed by atoms with Crippen LogP contribution in [-0.2, 0) is 11.8 Å². The molecule has 0 amide bonds. The van der Waals surface area contributed by atoms with E-state index in [1.54, 1.807) is 11.3 Å². The zero-order valence-corrected chi connectivity index (χ0v) is 12.3. The van der Waals surface area contributed by atoms with Gasteiger partial charge in [0, 0.05) is 30.0 Å². The Morgan fingerprint density at radius 2 is 2.06 bits per heavy atom. The number of rotatable bonds is 3. The molecule has 3 heteroatoms. The largest absolute Gasteiger partial charge is 0.388 e. The summed E-state index contributed by atoms with van der Waals surface area (Å²) in [7, 11) is 1.94. The summed E-state index contributed by atoms with van der Waals surface area (Å²) in [6.07, 6.45) is 0.913. The van der Waals surface area contributed by atoms with Gasteiger partial charge in [-0.15, -0.1) is 11.3 Å². The predicted octanol–water partition coefficient (Wildman–Crippen LogP) is 4.07. The number of nitrogens with zero attached hydrogens (tertiary/aromatic N) is 1. The van der Waals surface area contributed by atoms with Crippen molar-refractivity contribution >= 4 is 17.0 Å². The van der Waals surface area contributed by atoms with Crippen LogP contribution < -0.4 is 5.32 Å². The van der Waals surface area contributed by atoms with Gasteiger partial charge in [-0.3, -0.25) is 0 Å². The van der Waals surface area contributed by atoms with Crippen LogP contribution in [0.25, 0.3) is 0 Å². The van der Waals surface area contributed by atoms with Gasteiger partial charge in [-0.05, 0) is 17.7 Å². The third-order valence-electron chi connectivity index (χ3n) is 2.89. The number of aromatic nitrogens is 1. The molecule has 0 fully saturated rings. The van der Waals surface area contributed by atoms with E-state index in [4.69, 9.17) is 4.98 Å². The molecule has 1 aromatic heterocycles. The van der Waals surface area contributed by atoms with Crippen molar-refractivity contribution in [3.8, 4) is 0 Å². The lowest BCUT2D eigenvalue weighted by molar-refractivity contribution is 0.571. The molecule has 0 bridgehead atoms. The molecule has 1 aromatic carbocycles. The summed E-state index contributed by atoms with van der Waals surface area (Å²) in [6, 6.07) is 8.49. The van der Waals surface area contributed by atoms with E-state index in [0.29, 0.717) is 0 Å². The second-order valence-electron chi connectivity index (χ2n) is 5.50. The molecule has 2 nitrogen and oxygen atoms in total. The molecule has 1 N–H and O–H groups in total. The summed E-state index contributed by atoms with van der Waals surface area (Å²) in [5, 5.41) is 6.53. The molecule has 0 atom stereocenters. The van der Waals surface area contributed by atoms with Crippen LogP contribution in [0.2, 0.25) is 0 Å². The molecule has 0 spiro atoms. The first-order valence-corrected chi connectivity index (χ1v) is 7.08. The van der Waals surface area contributed by atoms with E-state index in [9.17, 15) is 0 Å². The van der Waals surface area contributed by atoms with Gasteiger partial charge in [0.2, 0.25) is 0 Å². The van der Waals surface area contributed by atoms with Crippen molar-refractivity contribution in [1.82, 2.24) is 4.98 Å². The second kappa shape index (κ2) is 5.11. The lowest BCUT2D eigenvalue weighted by Gasteiger charge is -2.14. The molecular formula is C15H20N2S. The highest BCUT2D eigenvalue weighted by atomic mass is 32.1. The second-order valence-corrected chi connectivity index (χ2v) is 6.45. The third kappa shape index (κ3) is 3.10. The van der Waals surface area contributed by atoms with E-state index >= 15 is 0 Å². The van der Waals surface area contributed by atoms with Crippen molar-refractivity contribution in [3.05, 3.63) is 45.9 Å². The summed E-state index contributed by atoms with van der Waals surface area (Å²) >= 11 is 1.75. The zero-order chi connectivity index (χ0) is 13.2. The zero-order valence-electron chi connectivity index (χ0n) is 11.4. The van der Waals surface area contributed by atoms with Crippen LogP contribution in [0.1, 0.15) is 37.0 Å². The first-order chi connectivity index (χ1) is 8.49. The van der Waals surface area contributed by atoms with Crippen LogP contribution in [0.15, 0.2) is 29.6 Å². The highest BCUT2D eigenvalue weighted by Gasteiger charge is 2.17. The van der Waals surface area contributed by atoms with Gasteiger partial charge in [0.15, 0.2) is 0 Å². The van der Waals surface area contributed by atoms with Gasteiger partial charge >= 0.3 is 0 Å². The van der Waals surface area contributed by atoms with Crippen molar-refractivity contribution in [3.63, 3.8) is 0 Å². The minimum atomic E-state index is 0.140. The molecule has 18 heavy (non-hydrogen) atoms. The minimum absolute atomic E-state index is 0.140. The number of nitrogens with one attached hydrogen (secondary N) is 1. The monoisotopic (exact) mass is 260 g/mol. The first kappa shape index (κ1) is 13.1. The highest BCUT2D eigenvalue weighted by molar-refractivity contribution is 7.09. The van der Waals surface area contributed by atoms with Crippen molar-refractivity contribution in [2.45, 2.75) is 32.6 Å². The van der Waals surface area contributed by atoms with Gasteiger partial charge in [-0.1, -0.05) is 32.9 Å². The van der Waals surface area contributed by atoms with Gasteiger partial charge in [0.05, 0.1) is 10.7 Å². The van der Waals surface area contributed by atoms with E-state index in [1.165, 1.54) is 16.3 Å². The lowest BCUT2D eigenvalue weighted by atomic mass is 9.93. The molecule has 2 aromatic rings. The fourth-order valence-corrected chi connectivity index (χ4v) is 2.80. The molecule has 0 aliphatic heterocycles. The Hall–Kier alpha value is -1.35. The smallest absolute Gasteiger partial charge is 0.0972 e. The Bertz CT molecular complexity index is 523. The molecular weight excluding hydrogens is 240 g/mol. The van der Waals surface area contributed by atoms with E-state index in [2.05, 4.69) is 55.7 Å². The Balaban J connectivity index is 2.16. The molecule has 2 rings (SSSR count). The van der Waals surface area contributed by atoms with Crippen LogP contribution in [0.3, 0.4) is 0 Å². The van der Waals surface area contributed by atoms with Crippen LogP contribution in [0.5, 0.6) is 0 Å². The molecule has 0 saturated carbocycles. The standard InChI is InChI=1S/C15H20N2S/c1-15(2,3)13-10-18-14(17-13)9-11-6-5-7-12(8-11)16-4/h5-8,10,16H,9H2,1-4H3. The number of thiazole rings is 1. The molecule has 0 saturated heterocycles. The fraction of sp³-hybridized carbons (Fsp3) is 0.400. The predicted molar refractivity (Wildman–Crippen MR) is 79.6 cm³/mol. The van der Waals surface area contributed by atoms with Crippen molar-refractivity contribution in [1.29, 1.82) is 0 Å².